The molecule has 82 valence electrons. The number of rotatable bonds is 1. The van der Waals surface area contributed by atoms with E-state index in [1.165, 1.54) is 5.56 Å². The fraction of sp³-hybridized carbons (Fsp3) is 0.462. The molecule has 0 fully saturated rings. The highest BCUT2D eigenvalue weighted by molar-refractivity contribution is 5.96. The van der Waals surface area contributed by atoms with E-state index in [1.807, 2.05) is 31.1 Å². The molecule has 0 bridgehead atoms. The van der Waals surface area contributed by atoms with Crippen LogP contribution in [0.1, 0.15) is 31.9 Å². The number of nitrogens with one attached hydrogen (secondary N) is 1. The highest BCUT2D eigenvalue weighted by atomic mass is 15.1. The van der Waals surface area contributed by atoms with Gasteiger partial charge in [-0.15, -0.1) is 0 Å². The second kappa shape index (κ2) is 4.05. The highest BCUT2D eigenvalue weighted by Gasteiger charge is 2.13. The quantitative estimate of drug-likeness (QED) is 0.552. The van der Waals surface area contributed by atoms with Gasteiger partial charge in [0.2, 0.25) is 0 Å². The first-order valence-corrected chi connectivity index (χ1v) is 5.19. The maximum Gasteiger partial charge on any atom is 0.127 e. The predicted molar refractivity (Wildman–Crippen MR) is 65.7 cm³/mol. The molecule has 0 aliphatic carbocycles. The van der Waals surface area contributed by atoms with E-state index in [0.29, 0.717) is 5.84 Å². The Morgan fingerprint density at radius 2 is 1.53 bits per heavy atom. The number of benzene rings is 1. The van der Waals surface area contributed by atoms with Crippen molar-refractivity contribution >= 4 is 5.84 Å². The van der Waals surface area contributed by atoms with Crippen molar-refractivity contribution in [1.82, 2.24) is 4.90 Å². The van der Waals surface area contributed by atoms with Crippen LogP contribution in [-0.4, -0.2) is 24.8 Å². The van der Waals surface area contributed by atoms with Crippen LogP contribution in [0, 0.1) is 5.41 Å². The lowest BCUT2D eigenvalue weighted by atomic mass is 9.86. The molecular weight excluding hydrogens is 184 g/mol. The Morgan fingerprint density at radius 3 is 1.87 bits per heavy atom. The second-order valence-electron chi connectivity index (χ2n) is 5.07. The monoisotopic (exact) mass is 204 g/mol. The topological polar surface area (TPSA) is 27.1 Å². The van der Waals surface area contributed by atoms with E-state index in [0.717, 1.165) is 5.56 Å². The molecule has 2 heteroatoms. The summed E-state index contributed by atoms with van der Waals surface area (Å²) in [5, 5.41) is 7.84. The van der Waals surface area contributed by atoms with E-state index in [9.17, 15) is 0 Å². The minimum Gasteiger partial charge on any atom is -0.363 e. The lowest BCUT2D eigenvalue weighted by Gasteiger charge is -2.20. The van der Waals surface area contributed by atoms with Crippen molar-refractivity contribution < 1.29 is 0 Å². The smallest absolute Gasteiger partial charge is 0.127 e. The molecular formula is C13H20N2. The predicted octanol–water partition coefficient (Wildman–Crippen LogP) is 2.87. The molecule has 0 unspecified atom stereocenters. The van der Waals surface area contributed by atoms with Crippen LogP contribution in [-0.2, 0) is 5.41 Å². The summed E-state index contributed by atoms with van der Waals surface area (Å²) in [7, 11) is 3.78. The lowest BCUT2D eigenvalue weighted by molar-refractivity contribution is 0.589. The summed E-state index contributed by atoms with van der Waals surface area (Å²) >= 11 is 0. The van der Waals surface area contributed by atoms with Gasteiger partial charge in [-0.05, 0) is 11.0 Å². The molecule has 0 aliphatic rings. The summed E-state index contributed by atoms with van der Waals surface area (Å²) in [4.78, 5) is 1.81. The highest BCUT2D eigenvalue weighted by Crippen LogP contribution is 2.22. The molecule has 2 nitrogen and oxygen atoms in total. The Kier molecular flexibility index (Phi) is 3.18. The molecule has 0 saturated heterocycles. The Labute approximate surface area is 92.4 Å². The molecule has 0 atom stereocenters. The van der Waals surface area contributed by atoms with Crippen molar-refractivity contribution in [2.24, 2.45) is 0 Å². The molecule has 0 spiro atoms. The summed E-state index contributed by atoms with van der Waals surface area (Å²) in [6.07, 6.45) is 0. The summed E-state index contributed by atoms with van der Waals surface area (Å²) < 4.78 is 0. The largest absolute Gasteiger partial charge is 0.363 e. The Balaban J connectivity index is 2.96. The SMILES string of the molecule is CN(C)C(=N)c1ccc(C(C)(C)C)cc1. The van der Waals surface area contributed by atoms with E-state index in [2.05, 4.69) is 32.9 Å². The average molecular weight is 204 g/mol. The maximum absolute atomic E-state index is 7.84. The van der Waals surface area contributed by atoms with Crippen molar-refractivity contribution in [3.63, 3.8) is 0 Å². The average Bonchev–Trinajstić information content (AvgIpc) is 2.15. The van der Waals surface area contributed by atoms with Crippen LogP contribution in [0.5, 0.6) is 0 Å². The number of hydrogen-bond acceptors (Lipinski definition) is 1. The van der Waals surface area contributed by atoms with E-state index in [1.54, 1.807) is 0 Å². The molecule has 1 rings (SSSR count). The molecule has 0 aliphatic heterocycles. The van der Waals surface area contributed by atoms with Crippen LogP contribution < -0.4 is 0 Å². The van der Waals surface area contributed by atoms with Gasteiger partial charge in [-0.1, -0.05) is 45.0 Å². The molecule has 1 aromatic carbocycles. The van der Waals surface area contributed by atoms with Crippen molar-refractivity contribution in [2.75, 3.05) is 14.1 Å². The fourth-order valence-corrected chi connectivity index (χ4v) is 1.39. The molecule has 0 amide bonds. The van der Waals surface area contributed by atoms with E-state index >= 15 is 0 Å². The zero-order valence-electron chi connectivity index (χ0n) is 10.3. The van der Waals surface area contributed by atoms with Gasteiger partial charge < -0.3 is 4.90 Å². The lowest BCUT2D eigenvalue weighted by Crippen LogP contribution is -2.22. The molecule has 0 heterocycles. The number of nitrogens with zero attached hydrogens (tertiary/aromatic N) is 1. The summed E-state index contributed by atoms with van der Waals surface area (Å²) in [6, 6.07) is 8.24. The zero-order chi connectivity index (χ0) is 11.6. The van der Waals surface area contributed by atoms with Crippen LogP contribution in [0.25, 0.3) is 0 Å². The van der Waals surface area contributed by atoms with E-state index < -0.39 is 0 Å². The van der Waals surface area contributed by atoms with Gasteiger partial charge in [-0.3, -0.25) is 5.41 Å². The van der Waals surface area contributed by atoms with Crippen LogP contribution >= 0.6 is 0 Å². The molecule has 0 saturated carbocycles. The van der Waals surface area contributed by atoms with E-state index in [4.69, 9.17) is 5.41 Å². The van der Waals surface area contributed by atoms with Gasteiger partial charge in [0.05, 0.1) is 0 Å². The summed E-state index contributed by atoms with van der Waals surface area (Å²) in [5.74, 6) is 0.551. The number of hydrogen-bond donors (Lipinski definition) is 1. The first kappa shape index (κ1) is 11.8. The van der Waals surface area contributed by atoms with Gasteiger partial charge in [0.25, 0.3) is 0 Å². The van der Waals surface area contributed by atoms with E-state index in [-0.39, 0.29) is 5.41 Å². The van der Waals surface area contributed by atoms with Gasteiger partial charge in [-0.2, -0.15) is 0 Å². The fourth-order valence-electron chi connectivity index (χ4n) is 1.39. The third kappa shape index (κ3) is 2.82. The molecule has 0 radical (unpaired) electrons. The Bertz CT molecular complexity index is 342. The van der Waals surface area contributed by atoms with Gasteiger partial charge >= 0.3 is 0 Å². The summed E-state index contributed by atoms with van der Waals surface area (Å²) in [6.45, 7) is 6.58. The first-order valence-electron chi connectivity index (χ1n) is 5.19. The van der Waals surface area contributed by atoms with Gasteiger partial charge in [0.15, 0.2) is 0 Å². The minimum atomic E-state index is 0.179. The van der Waals surface area contributed by atoms with Crippen LogP contribution in [0.2, 0.25) is 0 Å². The Morgan fingerprint density at radius 1 is 1.07 bits per heavy atom. The Hall–Kier alpha value is -1.31. The van der Waals surface area contributed by atoms with Crippen molar-refractivity contribution in [3.8, 4) is 0 Å². The molecule has 0 aromatic heterocycles. The van der Waals surface area contributed by atoms with Crippen LogP contribution in [0.4, 0.5) is 0 Å². The first-order chi connectivity index (χ1) is 6.82. The van der Waals surface area contributed by atoms with Gasteiger partial charge in [0.1, 0.15) is 5.84 Å². The molecule has 15 heavy (non-hydrogen) atoms. The standard InChI is InChI=1S/C13H20N2/c1-13(2,3)11-8-6-10(7-9-11)12(14)15(4)5/h6-9,14H,1-5H3. The van der Waals surface area contributed by atoms with Gasteiger partial charge in [-0.25, -0.2) is 0 Å². The van der Waals surface area contributed by atoms with Gasteiger partial charge in [0, 0.05) is 19.7 Å². The third-order valence-corrected chi connectivity index (χ3v) is 2.47. The molecule has 1 N–H and O–H groups in total. The van der Waals surface area contributed by atoms with Crippen LogP contribution in [0.3, 0.4) is 0 Å². The zero-order valence-corrected chi connectivity index (χ0v) is 10.3. The van der Waals surface area contributed by atoms with Crippen LogP contribution in [0.15, 0.2) is 24.3 Å². The third-order valence-electron chi connectivity index (χ3n) is 2.47. The molecule has 1 aromatic rings. The minimum absolute atomic E-state index is 0.179. The normalized spacial score (nSPS) is 11.3. The maximum atomic E-state index is 7.84. The van der Waals surface area contributed by atoms with Crippen molar-refractivity contribution in [2.45, 2.75) is 26.2 Å². The second-order valence-corrected chi connectivity index (χ2v) is 5.07. The summed E-state index contributed by atoms with van der Waals surface area (Å²) in [5.41, 5.74) is 2.45. The van der Waals surface area contributed by atoms with Crippen molar-refractivity contribution in [3.05, 3.63) is 35.4 Å². The van der Waals surface area contributed by atoms with Crippen molar-refractivity contribution in [1.29, 1.82) is 5.41 Å². The number of amidine groups is 1.